The van der Waals surface area contributed by atoms with Crippen molar-refractivity contribution in [3.05, 3.63) is 53.7 Å². The summed E-state index contributed by atoms with van der Waals surface area (Å²) in [4.78, 5) is 27.5. The summed E-state index contributed by atoms with van der Waals surface area (Å²) in [5.41, 5.74) is 0. The number of carbonyl (C=O) groups excluding carboxylic acids is 2. The predicted octanol–water partition coefficient (Wildman–Crippen LogP) is 1.93. The first-order valence-electron chi connectivity index (χ1n) is 8.60. The van der Waals surface area contributed by atoms with Gasteiger partial charge in [-0.05, 0) is 36.4 Å². The second kappa shape index (κ2) is 8.68. The van der Waals surface area contributed by atoms with Gasteiger partial charge < -0.3 is 18.8 Å². The quantitative estimate of drug-likeness (QED) is 0.718. The third kappa shape index (κ3) is 5.07. The van der Waals surface area contributed by atoms with Gasteiger partial charge in [-0.25, -0.2) is 9.18 Å². The van der Waals surface area contributed by atoms with Crippen molar-refractivity contribution in [1.29, 1.82) is 0 Å². The minimum atomic E-state index is -0.502. The number of methoxy groups -OCH3 is 1. The maximum Gasteiger partial charge on any atom is 0.373 e. The zero-order chi connectivity index (χ0) is 19.2. The van der Waals surface area contributed by atoms with Crippen molar-refractivity contribution in [2.75, 3.05) is 39.9 Å². The van der Waals surface area contributed by atoms with Crippen LogP contribution in [0.15, 0.2) is 40.8 Å². The molecule has 0 aliphatic carbocycles. The van der Waals surface area contributed by atoms with Gasteiger partial charge in [-0.2, -0.15) is 0 Å². The van der Waals surface area contributed by atoms with Gasteiger partial charge in [-0.15, -0.1) is 0 Å². The van der Waals surface area contributed by atoms with Crippen LogP contribution < -0.4 is 4.74 Å². The van der Waals surface area contributed by atoms with E-state index in [2.05, 4.69) is 9.64 Å². The van der Waals surface area contributed by atoms with Crippen LogP contribution in [0.25, 0.3) is 0 Å². The van der Waals surface area contributed by atoms with Crippen LogP contribution in [0.1, 0.15) is 16.3 Å². The molecule has 1 fully saturated rings. The summed E-state index contributed by atoms with van der Waals surface area (Å²) in [6, 6.07) is 8.91. The molecule has 2 aromatic rings. The van der Waals surface area contributed by atoms with Gasteiger partial charge in [0.15, 0.2) is 6.61 Å². The smallest absolute Gasteiger partial charge is 0.373 e. The highest BCUT2D eigenvalue weighted by molar-refractivity contribution is 5.86. The normalized spacial score (nSPS) is 14.8. The molecule has 0 saturated carbocycles. The molecule has 1 aromatic carbocycles. The summed E-state index contributed by atoms with van der Waals surface area (Å²) in [5.74, 6) is 0.361. The first kappa shape index (κ1) is 18.9. The van der Waals surface area contributed by atoms with Gasteiger partial charge in [-0.1, -0.05) is 0 Å². The summed E-state index contributed by atoms with van der Waals surface area (Å²) in [6.07, 6.45) is 0. The Morgan fingerprint density at radius 1 is 1.07 bits per heavy atom. The largest absolute Gasteiger partial charge is 0.484 e. The number of carbonyl (C=O) groups is 2. The van der Waals surface area contributed by atoms with E-state index in [1.54, 1.807) is 17.0 Å². The standard InChI is InChI=1S/C19H21FN2O5/c1-25-19(24)17-7-6-16(27-17)12-21-8-10-22(11-9-21)18(23)13-26-15-4-2-14(20)3-5-15/h2-7H,8-13H2,1H3. The van der Waals surface area contributed by atoms with E-state index < -0.39 is 5.97 Å². The first-order valence-corrected chi connectivity index (χ1v) is 8.60. The fraction of sp³-hybridized carbons (Fsp3) is 0.368. The van der Waals surface area contributed by atoms with Crippen molar-refractivity contribution < 1.29 is 27.9 Å². The third-order valence-electron chi connectivity index (χ3n) is 4.33. The van der Waals surface area contributed by atoms with Gasteiger partial charge in [0.25, 0.3) is 5.91 Å². The number of halogens is 1. The monoisotopic (exact) mass is 376 g/mol. The van der Waals surface area contributed by atoms with Crippen LogP contribution in [0.4, 0.5) is 4.39 Å². The first-order chi connectivity index (χ1) is 13.0. The van der Waals surface area contributed by atoms with Crippen LogP contribution in [0.2, 0.25) is 0 Å². The van der Waals surface area contributed by atoms with Gasteiger partial charge in [0, 0.05) is 26.2 Å². The maximum atomic E-state index is 12.9. The summed E-state index contributed by atoms with van der Waals surface area (Å²) < 4.78 is 28.4. The molecule has 27 heavy (non-hydrogen) atoms. The van der Waals surface area contributed by atoms with Gasteiger partial charge in [0.05, 0.1) is 13.7 Å². The SMILES string of the molecule is COC(=O)c1ccc(CN2CCN(C(=O)COc3ccc(F)cc3)CC2)o1. The lowest BCUT2D eigenvalue weighted by Gasteiger charge is -2.34. The molecule has 2 heterocycles. The number of nitrogens with zero attached hydrogens (tertiary/aromatic N) is 2. The molecular formula is C19H21FN2O5. The van der Waals surface area contributed by atoms with E-state index in [0.29, 0.717) is 44.2 Å². The number of benzene rings is 1. The van der Waals surface area contributed by atoms with Crippen molar-refractivity contribution in [3.63, 3.8) is 0 Å². The Morgan fingerprint density at radius 3 is 2.44 bits per heavy atom. The van der Waals surface area contributed by atoms with Crippen molar-refractivity contribution in [2.45, 2.75) is 6.54 Å². The second-order valence-corrected chi connectivity index (χ2v) is 6.16. The molecule has 0 bridgehead atoms. The molecule has 0 atom stereocenters. The number of esters is 1. The molecule has 1 aliphatic rings. The van der Waals surface area contributed by atoms with Gasteiger partial charge in [-0.3, -0.25) is 9.69 Å². The Morgan fingerprint density at radius 2 is 1.78 bits per heavy atom. The molecule has 0 N–H and O–H groups in total. The van der Waals surface area contributed by atoms with Crippen LogP contribution in [-0.4, -0.2) is 61.6 Å². The number of amides is 1. The molecule has 1 saturated heterocycles. The van der Waals surface area contributed by atoms with Crippen LogP contribution in [-0.2, 0) is 16.1 Å². The van der Waals surface area contributed by atoms with Gasteiger partial charge in [0.1, 0.15) is 17.3 Å². The minimum Gasteiger partial charge on any atom is -0.484 e. The Kier molecular flexibility index (Phi) is 6.08. The van der Waals surface area contributed by atoms with E-state index in [9.17, 15) is 14.0 Å². The molecular weight excluding hydrogens is 355 g/mol. The van der Waals surface area contributed by atoms with E-state index in [4.69, 9.17) is 9.15 Å². The van der Waals surface area contributed by atoms with Crippen LogP contribution in [0.3, 0.4) is 0 Å². The Labute approximate surface area is 156 Å². The predicted molar refractivity (Wildman–Crippen MR) is 93.8 cm³/mol. The Balaban J connectivity index is 1.42. The highest BCUT2D eigenvalue weighted by atomic mass is 19.1. The molecule has 0 spiro atoms. The van der Waals surface area contributed by atoms with Crippen molar-refractivity contribution in [1.82, 2.24) is 9.80 Å². The number of hydrogen-bond donors (Lipinski definition) is 0. The van der Waals surface area contributed by atoms with Crippen molar-refractivity contribution >= 4 is 11.9 Å². The van der Waals surface area contributed by atoms with Crippen LogP contribution >= 0.6 is 0 Å². The Hall–Kier alpha value is -2.87. The molecule has 7 nitrogen and oxygen atoms in total. The van der Waals surface area contributed by atoms with E-state index >= 15 is 0 Å². The number of furan rings is 1. The zero-order valence-electron chi connectivity index (χ0n) is 15.0. The van der Waals surface area contributed by atoms with E-state index in [1.165, 1.54) is 31.4 Å². The maximum absolute atomic E-state index is 12.9. The van der Waals surface area contributed by atoms with E-state index in [0.717, 1.165) is 0 Å². The molecule has 3 rings (SSSR count). The average Bonchev–Trinajstić information content (AvgIpc) is 3.16. The fourth-order valence-corrected chi connectivity index (χ4v) is 2.82. The van der Waals surface area contributed by atoms with E-state index in [-0.39, 0.29) is 24.1 Å². The molecule has 0 radical (unpaired) electrons. The lowest BCUT2D eigenvalue weighted by molar-refractivity contribution is -0.135. The average molecular weight is 376 g/mol. The molecule has 1 aromatic heterocycles. The second-order valence-electron chi connectivity index (χ2n) is 6.16. The third-order valence-corrected chi connectivity index (χ3v) is 4.33. The van der Waals surface area contributed by atoms with Crippen LogP contribution in [0.5, 0.6) is 5.75 Å². The number of rotatable bonds is 6. The summed E-state index contributed by atoms with van der Waals surface area (Å²) in [5, 5.41) is 0. The fourth-order valence-electron chi connectivity index (χ4n) is 2.82. The van der Waals surface area contributed by atoms with Gasteiger partial charge >= 0.3 is 5.97 Å². The van der Waals surface area contributed by atoms with E-state index in [1.807, 2.05) is 0 Å². The molecule has 8 heteroatoms. The number of piperazine rings is 1. The van der Waals surface area contributed by atoms with Crippen LogP contribution in [0, 0.1) is 5.82 Å². The van der Waals surface area contributed by atoms with Crippen molar-refractivity contribution in [3.8, 4) is 5.75 Å². The summed E-state index contributed by atoms with van der Waals surface area (Å²) in [7, 11) is 1.31. The summed E-state index contributed by atoms with van der Waals surface area (Å²) in [6.45, 7) is 3.02. The highest BCUT2D eigenvalue weighted by Gasteiger charge is 2.22. The molecule has 1 aliphatic heterocycles. The lowest BCUT2D eigenvalue weighted by Crippen LogP contribution is -2.49. The zero-order valence-corrected chi connectivity index (χ0v) is 15.0. The van der Waals surface area contributed by atoms with Crippen molar-refractivity contribution in [2.24, 2.45) is 0 Å². The molecule has 144 valence electrons. The summed E-state index contributed by atoms with van der Waals surface area (Å²) >= 11 is 0. The highest BCUT2D eigenvalue weighted by Crippen LogP contribution is 2.14. The number of hydrogen-bond acceptors (Lipinski definition) is 6. The molecule has 1 amide bonds. The molecule has 0 unspecified atom stereocenters. The minimum absolute atomic E-state index is 0.0771. The number of ether oxygens (including phenoxy) is 2. The lowest BCUT2D eigenvalue weighted by atomic mass is 10.3. The topological polar surface area (TPSA) is 72.2 Å². The van der Waals surface area contributed by atoms with Gasteiger partial charge in [0.2, 0.25) is 5.76 Å². The Bertz CT molecular complexity index is 782.